The Bertz CT molecular complexity index is 658. The van der Waals surface area contributed by atoms with Crippen LogP contribution in [0.4, 0.5) is 5.69 Å². The largest absolute Gasteiger partial charge is 0.508 e. The Hall–Kier alpha value is -2.20. The summed E-state index contributed by atoms with van der Waals surface area (Å²) in [6.45, 7) is 1.93. The fourth-order valence-electron chi connectivity index (χ4n) is 2.11. The molecule has 0 radical (unpaired) electrons. The van der Waals surface area contributed by atoms with Gasteiger partial charge in [-0.3, -0.25) is 4.79 Å². The molecule has 0 saturated heterocycles. The van der Waals surface area contributed by atoms with Gasteiger partial charge in [0.05, 0.1) is 16.6 Å². The molecule has 2 aromatic rings. The van der Waals surface area contributed by atoms with Crippen LogP contribution < -0.4 is 10.6 Å². The number of anilines is 1. The van der Waals surface area contributed by atoms with Crippen LogP contribution in [0.1, 0.15) is 28.9 Å². The number of phenols is 1. The summed E-state index contributed by atoms with van der Waals surface area (Å²) in [6, 6.07) is 12.2. The number of rotatable bonds is 4. The van der Waals surface area contributed by atoms with E-state index in [2.05, 4.69) is 10.6 Å². The third-order valence-corrected chi connectivity index (χ3v) is 3.55. The molecule has 110 valence electrons. The average Bonchev–Trinajstić information content (AvgIpc) is 2.48. The fraction of sp³-hybridized carbons (Fsp3) is 0.188. The van der Waals surface area contributed by atoms with Gasteiger partial charge in [-0.05, 0) is 31.2 Å². The molecule has 5 heteroatoms. The van der Waals surface area contributed by atoms with Gasteiger partial charge in [-0.1, -0.05) is 29.8 Å². The summed E-state index contributed by atoms with van der Waals surface area (Å²) in [7, 11) is 1.56. The molecule has 0 heterocycles. The van der Waals surface area contributed by atoms with Crippen molar-refractivity contribution in [2.75, 3.05) is 12.4 Å². The molecule has 0 aliphatic heterocycles. The molecule has 2 aromatic carbocycles. The van der Waals surface area contributed by atoms with Gasteiger partial charge < -0.3 is 15.7 Å². The summed E-state index contributed by atoms with van der Waals surface area (Å²) in [5, 5.41) is 16.1. The monoisotopic (exact) mass is 304 g/mol. The molecule has 0 bridgehead atoms. The van der Waals surface area contributed by atoms with Crippen molar-refractivity contribution >= 4 is 23.2 Å². The van der Waals surface area contributed by atoms with E-state index in [1.165, 1.54) is 0 Å². The van der Waals surface area contributed by atoms with Crippen LogP contribution in [0, 0.1) is 0 Å². The standard InChI is InChI=1S/C16H17ClN2O2/c1-10(12-5-3-4-6-15(12)20)19-11-7-8-14(17)13(9-11)16(21)18-2/h3-10,19-20H,1-2H3,(H,18,21). The molecule has 21 heavy (non-hydrogen) atoms. The number of halogens is 1. The second-order valence-electron chi connectivity index (χ2n) is 4.70. The lowest BCUT2D eigenvalue weighted by atomic mass is 10.1. The number of carbonyl (C=O) groups is 1. The Morgan fingerprint density at radius 2 is 1.95 bits per heavy atom. The second kappa shape index (κ2) is 6.50. The van der Waals surface area contributed by atoms with Crippen LogP contribution in [0.5, 0.6) is 5.75 Å². The summed E-state index contributed by atoms with van der Waals surface area (Å²) < 4.78 is 0. The minimum Gasteiger partial charge on any atom is -0.508 e. The molecule has 0 aromatic heterocycles. The van der Waals surface area contributed by atoms with Gasteiger partial charge in [0.1, 0.15) is 5.75 Å². The molecule has 4 nitrogen and oxygen atoms in total. The third kappa shape index (κ3) is 3.47. The highest BCUT2D eigenvalue weighted by Gasteiger charge is 2.13. The Labute approximate surface area is 128 Å². The van der Waals surface area contributed by atoms with Crippen LogP contribution in [0.15, 0.2) is 42.5 Å². The molecular formula is C16H17ClN2O2. The van der Waals surface area contributed by atoms with Crippen LogP contribution in [-0.2, 0) is 0 Å². The van der Waals surface area contributed by atoms with Crippen molar-refractivity contribution in [1.82, 2.24) is 5.32 Å². The van der Waals surface area contributed by atoms with Gasteiger partial charge >= 0.3 is 0 Å². The van der Waals surface area contributed by atoms with Gasteiger partial charge in [-0.2, -0.15) is 0 Å². The number of phenolic OH excluding ortho intramolecular Hbond substituents is 1. The lowest BCUT2D eigenvalue weighted by Crippen LogP contribution is -2.18. The third-order valence-electron chi connectivity index (χ3n) is 3.22. The van der Waals surface area contributed by atoms with Gasteiger partial charge in [0, 0.05) is 18.3 Å². The number of hydrogen-bond donors (Lipinski definition) is 3. The van der Waals surface area contributed by atoms with Gasteiger partial charge in [-0.25, -0.2) is 0 Å². The average molecular weight is 305 g/mol. The zero-order valence-corrected chi connectivity index (χ0v) is 12.6. The normalized spacial score (nSPS) is 11.8. The summed E-state index contributed by atoms with van der Waals surface area (Å²) in [5.41, 5.74) is 1.95. The number of amides is 1. The quantitative estimate of drug-likeness (QED) is 0.809. The molecule has 1 atom stereocenters. The van der Waals surface area contributed by atoms with Crippen molar-refractivity contribution in [3.8, 4) is 5.75 Å². The van der Waals surface area contributed by atoms with E-state index in [9.17, 15) is 9.90 Å². The zero-order chi connectivity index (χ0) is 15.4. The number of hydrogen-bond acceptors (Lipinski definition) is 3. The highest BCUT2D eigenvalue weighted by atomic mass is 35.5. The molecule has 3 N–H and O–H groups in total. The van der Waals surface area contributed by atoms with Crippen LogP contribution in [0.3, 0.4) is 0 Å². The number of benzene rings is 2. The zero-order valence-electron chi connectivity index (χ0n) is 11.9. The van der Waals surface area contributed by atoms with Crippen molar-refractivity contribution in [1.29, 1.82) is 0 Å². The lowest BCUT2D eigenvalue weighted by molar-refractivity contribution is 0.0963. The van der Waals surface area contributed by atoms with Crippen molar-refractivity contribution < 1.29 is 9.90 Å². The molecule has 0 fully saturated rings. The summed E-state index contributed by atoms with van der Waals surface area (Å²) >= 11 is 6.02. The molecule has 2 rings (SSSR count). The van der Waals surface area contributed by atoms with E-state index in [0.717, 1.165) is 11.3 Å². The molecule has 0 aliphatic rings. The van der Waals surface area contributed by atoms with Crippen LogP contribution >= 0.6 is 11.6 Å². The van der Waals surface area contributed by atoms with Crippen molar-refractivity contribution in [3.05, 3.63) is 58.6 Å². The first-order valence-electron chi connectivity index (χ1n) is 6.59. The van der Waals surface area contributed by atoms with E-state index in [1.54, 1.807) is 37.4 Å². The predicted octanol–water partition coefficient (Wildman–Crippen LogP) is 3.58. The molecule has 0 saturated carbocycles. The maximum atomic E-state index is 11.7. The minimum absolute atomic E-state index is 0.107. The number of nitrogens with one attached hydrogen (secondary N) is 2. The minimum atomic E-state index is -0.237. The lowest BCUT2D eigenvalue weighted by Gasteiger charge is -2.17. The van der Waals surface area contributed by atoms with Crippen molar-refractivity contribution in [2.24, 2.45) is 0 Å². The number of carbonyl (C=O) groups excluding carboxylic acids is 1. The first-order valence-corrected chi connectivity index (χ1v) is 6.96. The smallest absolute Gasteiger partial charge is 0.252 e. The van der Waals surface area contributed by atoms with E-state index in [0.29, 0.717) is 10.6 Å². The van der Waals surface area contributed by atoms with Crippen LogP contribution in [0.2, 0.25) is 5.02 Å². The van der Waals surface area contributed by atoms with E-state index in [1.807, 2.05) is 19.1 Å². The summed E-state index contributed by atoms with van der Waals surface area (Å²) in [6.07, 6.45) is 0. The Kier molecular flexibility index (Phi) is 4.70. The molecular weight excluding hydrogens is 288 g/mol. The highest BCUT2D eigenvalue weighted by Crippen LogP contribution is 2.28. The van der Waals surface area contributed by atoms with E-state index in [-0.39, 0.29) is 17.7 Å². The number of aromatic hydroxyl groups is 1. The Morgan fingerprint density at radius 1 is 1.24 bits per heavy atom. The van der Waals surface area contributed by atoms with Gasteiger partial charge in [0.15, 0.2) is 0 Å². The summed E-state index contributed by atoms with van der Waals surface area (Å²) in [5.74, 6) is -0.00292. The first-order chi connectivity index (χ1) is 10.0. The first kappa shape index (κ1) is 15.2. The van der Waals surface area contributed by atoms with E-state index >= 15 is 0 Å². The molecule has 1 amide bonds. The highest BCUT2D eigenvalue weighted by molar-refractivity contribution is 6.34. The SMILES string of the molecule is CNC(=O)c1cc(NC(C)c2ccccc2O)ccc1Cl. The maximum Gasteiger partial charge on any atom is 0.252 e. The van der Waals surface area contributed by atoms with Gasteiger partial charge in [0.25, 0.3) is 5.91 Å². The van der Waals surface area contributed by atoms with Crippen LogP contribution in [-0.4, -0.2) is 18.1 Å². The molecule has 0 spiro atoms. The van der Waals surface area contributed by atoms with Crippen molar-refractivity contribution in [3.63, 3.8) is 0 Å². The Morgan fingerprint density at radius 3 is 2.62 bits per heavy atom. The van der Waals surface area contributed by atoms with Gasteiger partial charge in [-0.15, -0.1) is 0 Å². The van der Waals surface area contributed by atoms with Gasteiger partial charge in [0.2, 0.25) is 0 Å². The Balaban J connectivity index is 2.24. The summed E-state index contributed by atoms with van der Waals surface area (Å²) in [4.78, 5) is 11.7. The maximum absolute atomic E-state index is 11.7. The van der Waals surface area contributed by atoms with E-state index < -0.39 is 0 Å². The molecule has 0 aliphatic carbocycles. The molecule has 1 unspecified atom stereocenters. The van der Waals surface area contributed by atoms with E-state index in [4.69, 9.17) is 11.6 Å². The second-order valence-corrected chi connectivity index (χ2v) is 5.11. The fourth-order valence-corrected chi connectivity index (χ4v) is 2.31. The van der Waals surface area contributed by atoms with Crippen LogP contribution in [0.25, 0.3) is 0 Å². The van der Waals surface area contributed by atoms with Crippen molar-refractivity contribution in [2.45, 2.75) is 13.0 Å². The number of para-hydroxylation sites is 1. The topological polar surface area (TPSA) is 61.4 Å². The predicted molar refractivity (Wildman–Crippen MR) is 85.0 cm³/mol.